The zero-order valence-electron chi connectivity index (χ0n) is 11.4. The number of nitrogens with one attached hydrogen (secondary N) is 1. The minimum atomic E-state index is -0.222. The van der Waals surface area contributed by atoms with Crippen molar-refractivity contribution in [2.24, 2.45) is 7.05 Å². The molecule has 0 aliphatic carbocycles. The number of aromatic nitrogens is 2. The lowest BCUT2D eigenvalue weighted by Crippen LogP contribution is -2.16. The van der Waals surface area contributed by atoms with E-state index in [1.807, 2.05) is 11.7 Å². The Morgan fingerprint density at radius 1 is 1.30 bits per heavy atom. The molecule has 0 saturated heterocycles. The van der Waals surface area contributed by atoms with E-state index in [9.17, 15) is 4.39 Å². The van der Waals surface area contributed by atoms with E-state index < -0.39 is 0 Å². The Morgan fingerprint density at radius 3 is 2.70 bits per heavy atom. The summed E-state index contributed by atoms with van der Waals surface area (Å²) in [6.45, 7) is 3.35. The van der Waals surface area contributed by atoms with Crippen molar-refractivity contribution in [3.05, 3.63) is 49.9 Å². The van der Waals surface area contributed by atoms with Crippen LogP contribution < -0.4 is 5.32 Å². The maximum Gasteiger partial charge on any atom is 0.123 e. The Hall–Kier alpha value is -0.720. The summed E-state index contributed by atoms with van der Waals surface area (Å²) < 4.78 is 17.0. The Bertz CT molecular complexity index is 611. The molecule has 0 radical (unpaired) electrons. The second-order valence-corrected chi connectivity index (χ2v) is 6.17. The van der Waals surface area contributed by atoms with Crippen LogP contribution in [0.1, 0.15) is 23.9 Å². The van der Waals surface area contributed by atoms with Crippen molar-refractivity contribution in [1.29, 1.82) is 0 Å². The van der Waals surface area contributed by atoms with E-state index in [0.717, 1.165) is 32.3 Å². The third kappa shape index (κ3) is 3.48. The van der Waals surface area contributed by atoms with E-state index in [1.54, 1.807) is 6.07 Å². The van der Waals surface area contributed by atoms with Crippen LogP contribution in [0.2, 0.25) is 0 Å². The molecule has 0 aliphatic rings. The van der Waals surface area contributed by atoms with Crippen LogP contribution in [-0.4, -0.2) is 9.78 Å². The van der Waals surface area contributed by atoms with Crippen LogP contribution in [0.3, 0.4) is 0 Å². The van der Waals surface area contributed by atoms with Crippen molar-refractivity contribution in [1.82, 2.24) is 15.1 Å². The number of nitrogens with zero attached hydrogens (tertiary/aromatic N) is 2. The predicted molar refractivity (Wildman–Crippen MR) is 84.9 cm³/mol. The molecular weight excluding hydrogens is 389 g/mol. The first kappa shape index (κ1) is 15.7. The Labute approximate surface area is 134 Å². The van der Waals surface area contributed by atoms with E-state index >= 15 is 0 Å². The van der Waals surface area contributed by atoms with Gasteiger partial charge in [-0.05, 0) is 46.1 Å². The van der Waals surface area contributed by atoms with Crippen LogP contribution in [0.15, 0.2) is 27.1 Å². The van der Waals surface area contributed by atoms with Crippen molar-refractivity contribution in [2.45, 2.75) is 26.4 Å². The van der Waals surface area contributed by atoms with Crippen LogP contribution >= 0.6 is 31.9 Å². The van der Waals surface area contributed by atoms with Gasteiger partial charge in [-0.25, -0.2) is 4.39 Å². The summed E-state index contributed by atoms with van der Waals surface area (Å²) in [6.07, 6.45) is 0.893. The molecule has 108 valence electrons. The molecule has 0 aliphatic heterocycles. The number of rotatable bonds is 5. The molecule has 0 atom stereocenters. The first-order valence-corrected chi connectivity index (χ1v) is 7.96. The fourth-order valence-electron chi connectivity index (χ4n) is 2.01. The molecule has 0 bridgehead atoms. The van der Waals surface area contributed by atoms with Gasteiger partial charge in [-0.15, -0.1) is 0 Å². The van der Waals surface area contributed by atoms with E-state index in [-0.39, 0.29) is 5.82 Å². The summed E-state index contributed by atoms with van der Waals surface area (Å²) >= 11 is 7.01. The van der Waals surface area contributed by atoms with Crippen LogP contribution in [-0.2, 0) is 26.6 Å². The zero-order chi connectivity index (χ0) is 14.7. The molecule has 0 spiro atoms. The van der Waals surface area contributed by atoms with Gasteiger partial charge in [0, 0.05) is 24.6 Å². The summed E-state index contributed by atoms with van der Waals surface area (Å²) in [6, 6.07) is 4.70. The highest BCUT2D eigenvalue weighted by atomic mass is 79.9. The van der Waals surface area contributed by atoms with Crippen molar-refractivity contribution >= 4 is 31.9 Å². The minimum Gasteiger partial charge on any atom is -0.307 e. The monoisotopic (exact) mass is 403 g/mol. The van der Waals surface area contributed by atoms with Crippen molar-refractivity contribution in [3.63, 3.8) is 0 Å². The van der Waals surface area contributed by atoms with Gasteiger partial charge in [-0.1, -0.05) is 22.9 Å². The average Bonchev–Trinajstić information content (AvgIpc) is 2.69. The van der Waals surface area contributed by atoms with Gasteiger partial charge in [0.2, 0.25) is 0 Å². The Balaban J connectivity index is 2.03. The molecule has 1 aromatic heterocycles. The standard InChI is InChI=1S/C14H16Br2FN3/c1-3-12-14(16)13(20(2)19-12)8-18-7-9-6-10(17)4-5-11(9)15/h4-6,18H,3,7-8H2,1-2H3. The first-order chi connectivity index (χ1) is 9.52. The molecule has 20 heavy (non-hydrogen) atoms. The first-order valence-electron chi connectivity index (χ1n) is 6.37. The summed E-state index contributed by atoms with van der Waals surface area (Å²) in [5.41, 5.74) is 3.05. The highest BCUT2D eigenvalue weighted by Crippen LogP contribution is 2.22. The SMILES string of the molecule is CCc1nn(C)c(CNCc2cc(F)ccc2Br)c1Br. The minimum absolute atomic E-state index is 0.222. The van der Waals surface area contributed by atoms with Gasteiger partial charge < -0.3 is 5.32 Å². The van der Waals surface area contributed by atoms with Crippen LogP contribution in [0.5, 0.6) is 0 Å². The van der Waals surface area contributed by atoms with Crippen LogP contribution in [0, 0.1) is 5.82 Å². The molecular formula is C14H16Br2FN3. The van der Waals surface area contributed by atoms with Crippen molar-refractivity contribution in [3.8, 4) is 0 Å². The number of halogens is 3. The lowest BCUT2D eigenvalue weighted by molar-refractivity contribution is 0.607. The van der Waals surface area contributed by atoms with Crippen molar-refractivity contribution < 1.29 is 4.39 Å². The summed E-state index contributed by atoms with van der Waals surface area (Å²) in [5.74, 6) is -0.222. The molecule has 6 heteroatoms. The fraction of sp³-hybridized carbons (Fsp3) is 0.357. The van der Waals surface area contributed by atoms with E-state index in [0.29, 0.717) is 13.1 Å². The van der Waals surface area contributed by atoms with E-state index in [2.05, 4.69) is 49.2 Å². The van der Waals surface area contributed by atoms with Gasteiger partial charge in [0.25, 0.3) is 0 Å². The molecule has 0 saturated carbocycles. The lowest BCUT2D eigenvalue weighted by atomic mass is 10.2. The Kier molecular flexibility index (Phi) is 5.35. The van der Waals surface area contributed by atoms with Crippen molar-refractivity contribution in [2.75, 3.05) is 0 Å². The molecule has 0 amide bonds. The molecule has 0 fully saturated rings. The van der Waals surface area contributed by atoms with E-state index in [1.165, 1.54) is 12.1 Å². The molecule has 2 rings (SSSR count). The largest absolute Gasteiger partial charge is 0.307 e. The number of aryl methyl sites for hydroxylation is 2. The maximum absolute atomic E-state index is 13.2. The fourth-order valence-corrected chi connectivity index (χ4v) is 3.15. The van der Waals surface area contributed by atoms with Crippen LogP contribution in [0.25, 0.3) is 0 Å². The topological polar surface area (TPSA) is 29.9 Å². The molecule has 1 aromatic carbocycles. The normalized spacial score (nSPS) is 11.1. The molecule has 2 aromatic rings. The molecule has 3 nitrogen and oxygen atoms in total. The van der Waals surface area contributed by atoms with Gasteiger partial charge >= 0.3 is 0 Å². The second kappa shape index (κ2) is 6.83. The predicted octanol–water partition coefficient (Wildman–Crippen LogP) is 3.94. The highest BCUT2D eigenvalue weighted by molar-refractivity contribution is 9.10. The summed E-state index contributed by atoms with van der Waals surface area (Å²) in [7, 11) is 1.93. The highest BCUT2D eigenvalue weighted by Gasteiger charge is 2.12. The quantitative estimate of drug-likeness (QED) is 0.817. The number of hydrogen-bond acceptors (Lipinski definition) is 2. The Morgan fingerprint density at radius 2 is 2.05 bits per heavy atom. The molecule has 0 unspecified atom stereocenters. The summed E-state index contributed by atoms with van der Waals surface area (Å²) in [5, 5.41) is 7.76. The molecule has 1 heterocycles. The third-order valence-corrected chi connectivity index (χ3v) is 4.81. The number of hydrogen-bond donors (Lipinski definition) is 1. The smallest absolute Gasteiger partial charge is 0.123 e. The van der Waals surface area contributed by atoms with Crippen LogP contribution in [0.4, 0.5) is 4.39 Å². The van der Waals surface area contributed by atoms with Gasteiger partial charge in [0.05, 0.1) is 15.9 Å². The van der Waals surface area contributed by atoms with Gasteiger partial charge in [-0.3, -0.25) is 4.68 Å². The maximum atomic E-state index is 13.2. The van der Waals surface area contributed by atoms with Gasteiger partial charge in [0.1, 0.15) is 5.82 Å². The number of benzene rings is 1. The van der Waals surface area contributed by atoms with Gasteiger partial charge in [-0.2, -0.15) is 5.10 Å². The van der Waals surface area contributed by atoms with Gasteiger partial charge in [0.15, 0.2) is 0 Å². The lowest BCUT2D eigenvalue weighted by Gasteiger charge is -2.08. The summed E-state index contributed by atoms with van der Waals surface area (Å²) in [4.78, 5) is 0. The van der Waals surface area contributed by atoms with E-state index in [4.69, 9.17) is 0 Å². The average molecular weight is 405 g/mol. The second-order valence-electron chi connectivity index (χ2n) is 4.52. The zero-order valence-corrected chi connectivity index (χ0v) is 14.6. The molecule has 1 N–H and O–H groups in total. The third-order valence-electron chi connectivity index (χ3n) is 3.12.